The second kappa shape index (κ2) is 5.63. The van der Waals surface area contributed by atoms with Gasteiger partial charge in [-0.25, -0.2) is 15.0 Å². The molecule has 6 nitrogen and oxygen atoms in total. The van der Waals surface area contributed by atoms with E-state index < -0.39 is 12.0 Å². The van der Waals surface area contributed by atoms with Gasteiger partial charge >= 0.3 is 6.18 Å². The van der Waals surface area contributed by atoms with Crippen molar-refractivity contribution in [3.05, 3.63) is 12.2 Å². The number of imidazole rings is 1. The van der Waals surface area contributed by atoms with Gasteiger partial charge in [0.15, 0.2) is 11.5 Å². The van der Waals surface area contributed by atoms with Gasteiger partial charge in [0.2, 0.25) is 5.82 Å². The molecule has 3 rings (SSSR count). The molecule has 1 fully saturated rings. The number of alkyl halides is 3. The molecule has 0 saturated heterocycles. The third-order valence-corrected chi connectivity index (χ3v) is 4.61. The average Bonchev–Trinajstić information content (AvgIpc) is 3.13. The Balaban J connectivity index is 1.91. The molecule has 0 spiro atoms. The second-order valence-electron chi connectivity index (χ2n) is 6.17. The van der Waals surface area contributed by atoms with Gasteiger partial charge in [0, 0.05) is 12.1 Å². The molecule has 2 N–H and O–H groups in total. The van der Waals surface area contributed by atoms with E-state index >= 15 is 0 Å². The number of aromatic nitrogens is 4. The van der Waals surface area contributed by atoms with Crippen molar-refractivity contribution >= 4 is 17.0 Å². The number of hydrogen-bond acceptors (Lipinski definition) is 5. The van der Waals surface area contributed by atoms with E-state index in [9.17, 15) is 13.2 Å². The normalized spacial score (nSPS) is 18.0. The molecule has 23 heavy (non-hydrogen) atoms. The average molecular weight is 328 g/mol. The predicted octanol–water partition coefficient (Wildman–Crippen LogP) is 2.66. The van der Waals surface area contributed by atoms with Crippen LogP contribution in [0.1, 0.15) is 31.5 Å². The molecule has 2 aromatic heterocycles. The maximum absolute atomic E-state index is 12.9. The zero-order chi connectivity index (χ0) is 16.7. The van der Waals surface area contributed by atoms with Gasteiger partial charge in [0.05, 0.1) is 6.33 Å². The number of rotatable bonds is 4. The van der Waals surface area contributed by atoms with Crippen LogP contribution in [0.25, 0.3) is 11.2 Å². The van der Waals surface area contributed by atoms with E-state index in [0.717, 1.165) is 25.7 Å². The van der Waals surface area contributed by atoms with Crippen LogP contribution < -0.4 is 5.32 Å². The van der Waals surface area contributed by atoms with Crippen molar-refractivity contribution in [2.24, 2.45) is 0 Å². The largest absolute Gasteiger partial charge is 0.451 e. The minimum atomic E-state index is -4.60. The van der Waals surface area contributed by atoms with E-state index in [1.165, 1.54) is 6.33 Å². The van der Waals surface area contributed by atoms with Gasteiger partial charge in [-0.05, 0) is 26.9 Å². The highest BCUT2D eigenvalue weighted by Crippen LogP contribution is 2.35. The summed E-state index contributed by atoms with van der Waals surface area (Å²) in [5.41, 5.74) is 0.348. The lowest BCUT2D eigenvalue weighted by molar-refractivity contribution is -0.144. The Bertz CT molecular complexity index is 687. The summed E-state index contributed by atoms with van der Waals surface area (Å²) in [5.74, 6) is -1.03. The quantitative estimate of drug-likeness (QED) is 0.903. The van der Waals surface area contributed by atoms with Crippen molar-refractivity contribution in [1.82, 2.24) is 24.8 Å². The van der Waals surface area contributed by atoms with E-state index in [-0.39, 0.29) is 17.0 Å². The van der Waals surface area contributed by atoms with Crippen LogP contribution in [0, 0.1) is 0 Å². The highest BCUT2D eigenvalue weighted by atomic mass is 19.4. The number of aromatic amines is 1. The van der Waals surface area contributed by atoms with Crippen molar-refractivity contribution in [2.45, 2.75) is 37.4 Å². The molecule has 126 valence electrons. The Kier molecular flexibility index (Phi) is 3.91. The number of likely N-dealkylation sites (N-methyl/N-ethyl adjacent to an activating group) is 1. The molecule has 0 amide bonds. The van der Waals surface area contributed by atoms with Crippen LogP contribution in [0.2, 0.25) is 0 Å². The number of nitrogens with zero attached hydrogens (tertiary/aromatic N) is 4. The summed E-state index contributed by atoms with van der Waals surface area (Å²) in [4.78, 5) is 15.9. The molecule has 2 aromatic rings. The topological polar surface area (TPSA) is 69.7 Å². The number of H-pyrrole nitrogens is 1. The molecular weight excluding hydrogens is 309 g/mol. The van der Waals surface area contributed by atoms with Gasteiger partial charge in [0.1, 0.15) is 5.52 Å². The van der Waals surface area contributed by atoms with E-state index in [2.05, 4.69) is 30.2 Å². The van der Waals surface area contributed by atoms with Gasteiger partial charge in [0.25, 0.3) is 0 Å². The molecule has 9 heteroatoms. The van der Waals surface area contributed by atoms with Crippen LogP contribution in [-0.4, -0.2) is 51.0 Å². The SMILES string of the molecule is CN(C)C1(CNc2nc(C(F)(F)F)nc3nc[nH]c23)CCCC1. The number of anilines is 1. The predicted molar refractivity (Wildman–Crippen MR) is 80.1 cm³/mol. The summed E-state index contributed by atoms with van der Waals surface area (Å²) in [6.07, 6.45) is 0.985. The number of nitrogens with one attached hydrogen (secondary N) is 2. The first-order valence-electron chi connectivity index (χ1n) is 7.51. The summed E-state index contributed by atoms with van der Waals surface area (Å²) in [7, 11) is 4.00. The molecule has 0 bridgehead atoms. The molecule has 2 heterocycles. The smallest absolute Gasteiger partial charge is 0.366 e. The van der Waals surface area contributed by atoms with E-state index in [0.29, 0.717) is 12.1 Å². The minimum Gasteiger partial charge on any atom is -0.366 e. The summed E-state index contributed by atoms with van der Waals surface area (Å²) in [6, 6.07) is 0. The standard InChI is InChI=1S/C14H19F3N6/c1-23(2)13(5-3-4-6-13)7-18-10-9-11(20-8-19-9)22-12(21-10)14(15,16)17/h8H,3-7H2,1-2H3,(H2,18,19,20,21,22). The summed E-state index contributed by atoms with van der Waals surface area (Å²) >= 11 is 0. The fraction of sp³-hybridized carbons (Fsp3) is 0.643. The van der Waals surface area contributed by atoms with Crippen LogP contribution >= 0.6 is 0 Å². The molecule has 0 radical (unpaired) electrons. The Morgan fingerprint density at radius 2 is 1.96 bits per heavy atom. The van der Waals surface area contributed by atoms with Crippen LogP contribution in [-0.2, 0) is 6.18 Å². The van der Waals surface area contributed by atoms with E-state index in [1.807, 2.05) is 14.1 Å². The first kappa shape index (κ1) is 16.0. The first-order chi connectivity index (χ1) is 10.8. The number of hydrogen-bond donors (Lipinski definition) is 2. The summed E-state index contributed by atoms with van der Waals surface area (Å²) in [5, 5.41) is 3.09. The van der Waals surface area contributed by atoms with E-state index in [1.54, 1.807) is 0 Å². The number of fused-ring (bicyclic) bond motifs is 1. The van der Waals surface area contributed by atoms with E-state index in [4.69, 9.17) is 0 Å². The van der Waals surface area contributed by atoms with Gasteiger partial charge in [-0.1, -0.05) is 12.8 Å². The molecular formula is C14H19F3N6. The van der Waals surface area contributed by atoms with Crippen LogP contribution in [0.15, 0.2) is 6.33 Å². The lowest BCUT2D eigenvalue weighted by atomic mass is 9.96. The van der Waals surface area contributed by atoms with Gasteiger partial charge in [-0.2, -0.15) is 13.2 Å². The van der Waals surface area contributed by atoms with Gasteiger partial charge in [-0.3, -0.25) is 0 Å². The molecule has 0 atom stereocenters. The van der Waals surface area contributed by atoms with Crippen molar-refractivity contribution in [3.63, 3.8) is 0 Å². The molecule has 0 aliphatic heterocycles. The van der Waals surface area contributed by atoms with Crippen molar-refractivity contribution in [1.29, 1.82) is 0 Å². The van der Waals surface area contributed by atoms with Crippen molar-refractivity contribution in [2.75, 3.05) is 26.0 Å². The third-order valence-electron chi connectivity index (χ3n) is 4.61. The van der Waals surface area contributed by atoms with Gasteiger partial charge < -0.3 is 15.2 Å². The van der Waals surface area contributed by atoms with Crippen molar-refractivity contribution < 1.29 is 13.2 Å². The first-order valence-corrected chi connectivity index (χ1v) is 7.51. The Morgan fingerprint density at radius 3 is 2.57 bits per heavy atom. The molecule has 0 unspecified atom stereocenters. The maximum atomic E-state index is 12.9. The summed E-state index contributed by atoms with van der Waals surface area (Å²) in [6.45, 7) is 0.530. The Morgan fingerprint density at radius 1 is 1.26 bits per heavy atom. The molecule has 1 aliphatic rings. The van der Waals surface area contributed by atoms with Crippen LogP contribution in [0.5, 0.6) is 0 Å². The zero-order valence-corrected chi connectivity index (χ0v) is 13.0. The lowest BCUT2D eigenvalue weighted by Gasteiger charge is -2.36. The fourth-order valence-electron chi connectivity index (χ4n) is 3.15. The molecule has 0 aromatic carbocycles. The zero-order valence-electron chi connectivity index (χ0n) is 13.0. The highest BCUT2D eigenvalue weighted by molar-refractivity contribution is 5.82. The minimum absolute atomic E-state index is 0.0140. The fourth-order valence-corrected chi connectivity index (χ4v) is 3.15. The Hall–Kier alpha value is -1.90. The monoisotopic (exact) mass is 328 g/mol. The maximum Gasteiger partial charge on any atom is 0.451 e. The van der Waals surface area contributed by atoms with Crippen LogP contribution in [0.4, 0.5) is 19.0 Å². The number of halogens is 3. The lowest BCUT2D eigenvalue weighted by Crippen LogP contribution is -2.47. The Labute approximate surface area is 131 Å². The third kappa shape index (κ3) is 2.97. The van der Waals surface area contributed by atoms with Crippen LogP contribution in [0.3, 0.4) is 0 Å². The molecule has 1 saturated carbocycles. The highest BCUT2D eigenvalue weighted by Gasteiger charge is 2.38. The summed E-state index contributed by atoms with van der Waals surface area (Å²) < 4.78 is 38.8. The van der Waals surface area contributed by atoms with Crippen molar-refractivity contribution in [3.8, 4) is 0 Å². The van der Waals surface area contributed by atoms with Gasteiger partial charge in [-0.15, -0.1) is 0 Å². The second-order valence-corrected chi connectivity index (χ2v) is 6.17. The molecule has 1 aliphatic carbocycles.